The Morgan fingerprint density at radius 3 is 2.64 bits per heavy atom. The van der Waals surface area contributed by atoms with Crippen molar-refractivity contribution in [2.24, 2.45) is 11.7 Å². The van der Waals surface area contributed by atoms with E-state index in [1.54, 1.807) is 6.20 Å². The Morgan fingerprint density at radius 2 is 2.04 bits per heavy atom. The van der Waals surface area contributed by atoms with Crippen LogP contribution in [-0.2, 0) is 0 Å². The average Bonchev–Trinajstić information content (AvgIpc) is 3.03. The molecule has 136 valence electrons. The van der Waals surface area contributed by atoms with Crippen molar-refractivity contribution in [3.05, 3.63) is 42.2 Å². The van der Waals surface area contributed by atoms with Crippen molar-refractivity contribution in [2.45, 2.75) is 19.8 Å². The van der Waals surface area contributed by atoms with Gasteiger partial charge >= 0.3 is 0 Å². The summed E-state index contributed by atoms with van der Waals surface area (Å²) in [5.41, 5.74) is 5.66. The Balaban J connectivity index is 2.24. The molecule has 1 aromatic carbocycles. The number of rotatable bonds is 8. The lowest BCUT2D eigenvalue weighted by Gasteiger charge is -2.14. The van der Waals surface area contributed by atoms with E-state index < -0.39 is 24.9 Å². The molecule has 6 nitrogen and oxygen atoms in total. The maximum Gasteiger partial charge on any atom is 0.277 e. The van der Waals surface area contributed by atoms with Crippen LogP contribution in [0.5, 0.6) is 5.75 Å². The molecule has 3 N–H and O–H groups in total. The fourth-order valence-electron chi connectivity index (χ4n) is 1.96. The number of carbonyl (C=O) groups excluding carboxylic acids is 1. The van der Waals surface area contributed by atoms with Gasteiger partial charge in [-0.25, -0.2) is 13.5 Å². The number of nitrogens with two attached hydrogens (primary N) is 1. The SMILES string of the molecule is CC(C)COc1cn(-c2ccccc2)nc1C(=O)NCC(F)(F)CN. The third-order valence-corrected chi connectivity index (χ3v) is 3.29. The van der Waals surface area contributed by atoms with Crippen LogP contribution in [0, 0.1) is 5.92 Å². The lowest BCUT2D eigenvalue weighted by atomic mass is 10.2. The smallest absolute Gasteiger partial charge is 0.277 e. The molecule has 1 heterocycles. The molecule has 0 saturated carbocycles. The van der Waals surface area contributed by atoms with Crippen molar-refractivity contribution in [2.75, 3.05) is 19.7 Å². The zero-order valence-electron chi connectivity index (χ0n) is 14.2. The van der Waals surface area contributed by atoms with E-state index in [-0.39, 0.29) is 17.4 Å². The summed E-state index contributed by atoms with van der Waals surface area (Å²) < 4.78 is 33.6. The number of nitrogens with one attached hydrogen (secondary N) is 1. The minimum absolute atomic E-state index is 0.0441. The molecular weight excluding hydrogens is 330 g/mol. The first kappa shape index (κ1) is 18.9. The summed E-state index contributed by atoms with van der Waals surface area (Å²) in [6, 6.07) is 9.12. The molecule has 1 amide bonds. The number of hydrogen-bond donors (Lipinski definition) is 2. The molecule has 1 aromatic heterocycles. The number of aromatic nitrogens is 2. The standard InChI is InChI=1S/C17H22F2N4O2/c1-12(2)9-25-14-8-23(13-6-4-3-5-7-13)22-15(14)16(24)21-11-17(18,19)10-20/h3-8,12H,9-11,20H2,1-2H3,(H,21,24). The van der Waals surface area contributed by atoms with Crippen LogP contribution in [0.1, 0.15) is 24.3 Å². The number of benzene rings is 1. The van der Waals surface area contributed by atoms with Crippen LogP contribution in [0.4, 0.5) is 8.78 Å². The molecule has 2 aromatic rings. The van der Waals surface area contributed by atoms with Crippen LogP contribution in [0.25, 0.3) is 5.69 Å². The minimum Gasteiger partial charge on any atom is -0.489 e. The highest BCUT2D eigenvalue weighted by atomic mass is 19.3. The number of nitrogens with zero attached hydrogens (tertiary/aromatic N) is 2. The second kappa shape index (κ2) is 8.06. The van der Waals surface area contributed by atoms with Gasteiger partial charge in [-0.3, -0.25) is 4.79 Å². The third kappa shape index (κ3) is 5.25. The van der Waals surface area contributed by atoms with E-state index in [4.69, 9.17) is 10.5 Å². The molecule has 0 bridgehead atoms. The van der Waals surface area contributed by atoms with Crippen LogP contribution in [0.15, 0.2) is 36.5 Å². The van der Waals surface area contributed by atoms with Crippen LogP contribution in [0.3, 0.4) is 0 Å². The van der Waals surface area contributed by atoms with Crippen LogP contribution in [0.2, 0.25) is 0 Å². The van der Waals surface area contributed by atoms with Gasteiger partial charge in [0, 0.05) is 0 Å². The zero-order chi connectivity index (χ0) is 18.4. The van der Waals surface area contributed by atoms with Gasteiger partial charge in [0.15, 0.2) is 11.4 Å². The highest BCUT2D eigenvalue weighted by Gasteiger charge is 2.29. The molecule has 0 spiro atoms. The molecule has 25 heavy (non-hydrogen) atoms. The normalized spacial score (nSPS) is 11.6. The molecule has 0 atom stereocenters. The Labute approximate surface area is 145 Å². The van der Waals surface area contributed by atoms with E-state index in [1.807, 2.05) is 44.2 Å². The van der Waals surface area contributed by atoms with E-state index in [9.17, 15) is 13.6 Å². The second-order valence-corrected chi connectivity index (χ2v) is 6.07. The average molecular weight is 352 g/mol. The van der Waals surface area contributed by atoms with Gasteiger partial charge in [0.25, 0.3) is 11.8 Å². The van der Waals surface area contributed by atoms with Crippen molar-refractivity contribution in [1.82, 2.24) is 15.1 Å². The summed E-state index contributed by atoms with van der Waals surface area (Å²) in [6.07, 6.45) is 1.56. The summed E-state index contributed by atoms with van der Waals surface area (Å²) >= 11 is 0. The maximum absolute atomic E-state index is 13.3. The van der Waals surface area contributed by atoms with Gasteiger partial charge in [-0.05, 0) is 18.1 Å². The van der Waals surface area contributed by atoms with Gasteiger partial charge in [0.2, 0.25) is 0 Å². The van der Waals surface area contributed by atoms with Crippen LogP contribution < -0.4 is 15.8 Å². The fraction of sp³-hybridized carbons (Fsp3) is 0.412. The molecule has 0 radical (unpaired) electrons. The molecule has 0 fully saturated rings. The summed E-state index contributed by atoms with van der Waals surface area (Å²) in [7, 11) is 0. The number of hydrogen-bond acceptors (Lipinski definition) is 4. The van der Waals surface area contributed by atoms with Gasteiger partial charge in [0.05, 0.1) is 31.6 Å². The molecule has 0 aliphatic heterocycles. The molecule has 0 aliphatic rings. The number of halogens is 2. The fourth-order valence-corrected chi connectivity index (χ4v) is 1.96. The monoisotopic (exact) mass is 352 g/mol. The summed E-state index contributed by atoms with van der Waals surface area (Å²) in [6.45, 7) is 2.60. The van der Waals surface area contributed by atoms with Gasteiger partial charge in [0.1, 0.15) is 0 Å². The Hall–Kier alpha value is -2.48. The maximum atomic E-state index is 13.3. The van der Waals surface area contributed by atoms with Crippen molar-refractivity contribution in [3.63, 3.8) is 0 Å². The number of ether oxygens (including phenoxy) is 1. The second-order valence-electron chi connectivity index (χ2n) is 6.07. The molecule has 8 heteroatoms. The van der Waals surface area contributed by atoms with E-state index in [1.165, 1.54) is 4.68 Å². The highest BCUT2D eigenvalue weighted by molar-refractivity contribution is 5.95. The number of carbonyl (C=O) groups is 1. The molecule has 0 unspecified atom stereocenters. The molecule has 2 rings (SSSR count). The first-order valence-corrected chi connectivity index (χ1v) is 7.96. The van der Waals surface area contributed by atoms with Crippen molar-refractivity contribution in [1.29, 1.82) is 0 Å². The Morgan fingerprint density at radius 1 is 1.36 bits per heavy atom. The Kier molecular flexibility index (Phi) is 6.08. The first-order chi connectivity index (χ1) is 11.8. The van der Waals surface area contributed by atoms with Crippen molar-refractivity contribution >= 4 is 5.91 Å². The lowest BCUT2D eigenvalue weighted by molar-refractivity contribution is 0.0117. The van der Waals surface area contributed by atoms with Crippen LogP contribution >= 0.6 is 0 Å². The highest BCUT2D eigenvalue weighted by Crippen LogP contribution is 2.21. The van der Waals surface area contributed by atoms with E-state index >= 15 is 0 Å². The van der Waals surface area contributed by atoms with E-state index in [2.05, 4.69) is 10.4 Å². The number of alkyl halides is 2. The van der Waals surface area contributed by atoms with Gasteiger partial charge < -0.3 is 15.8 Å². The third-order valence-electron chi connectivity index (χ3n) is 3.29. The Bertz CT molecular complexity index is 702. The molecule has 0 aliphatic carbocycles. The number of para-hydroxylation sites is 1. The molecular formula is C17H22F2N4O2. The first-order valence-electron chi connectivity index (χ1n) is 7.96. The minimum atomic E-state index is -3.17. The van der Waals surface area contributed by atoms with Gasteiger partial charge in [-0.2, -0.15) is 5.10 Å². The largest absolute Gasteiger partial charge is 0.489 e. The molecule has 0 saturated heterocycles. The van der Waals surface area contributed by atoms with Gasteiger partial charge in [-0.15, -0.1) is 0 Å². The van der Waals surface area contributed by atoms with E-state index in [0.29, 0.717) is 6.61 Å². The number of amides is 1. The van der Waals surface area contributed by atoms with Gasteiger partial charge in [-0.1, -0.05) is 32.0 Å². The predicted octanol–water partition coefficient (Wildman–Crippen LogP) is 2.23. The summed E-state index contributed by atoms with van der Waals surface area (Å²) in [5, 5.41) is 6.35. The van der Waals surface area contributed by atoms with Crippen molar-refractivity contribution in [3.8, 4) is 11.4 Å². The topological polar surface area (TPSA) is 82.2 Å². The quantitative estimate of drug-likeness (QED) is 0.763. The van der Waals surface area contributed by atoms with E-state index in [0.717, 1.165) is 5.69 Å². The summed E-state index contributed by atoms with van der Waals surface area (Å²) in [4.78, 5) is 12.3. The van der Waals surface area contributed by atoms with Crippen molar-refractivity contribution < 1.29 is 18.3 Å². The predicted molar refractivity (Wildman–Crippen MR) is 90.2 cm³/mol. The summed E-state index contributed by atoms with van der Waals surface area (Å²) in [5.74, 6) is -3.43. The van der Waals surface area contributed by atoms with Crippen LogP contribution in [-0.4, -0.2) is 41.3 Å². The zero-order valence-corrected chi connectivity index (χ0v) is 14.2. The lowest BCUT2D eigenvalue weighted by Crippen LogP contribution is -2.41.